The number of hydrogen-bond donors (Lipinski definition) is 1. The third-order valence-corrected chi connectivity index (χ3v) is 3.41. The molecule has 1 aromatic carbocycles. The lowest BCUT2D eigenvalue weighted by atomic mass is 10.2. The molecule has 0 aliphatic rings. The van der Waals surface area contributed by atoms with Crippen molar-refractivity contribution in [1.82, 2.24) is 10.2 Å². The Morgan fingerprint density at radius 2 is 1.84 bits per heavy atom. The third-order valence-electron chi connectivity index (χ3n) is 3.41. The number of carbonyl (C=O) groups is 2. The van der Waals surface area contributed by atoms with Crippen molar-refractivity contribution in [1.29, 1.82) is 0 Å². The number of ether oxygens (including phenoxy) is 2. The van der Waals surface area contributed by atoms with Crippen LogP contribution < -0.4 is 5.32 Å². The molecule has 140 valence electrons. The zero-order valence-corrected chi connectivity index (χ0v) is 15.9. The van der Waals surface area contributed by atoms with Gasteiger partial charge in [-0.25, -0.2) is 9.59 Å². The Kier molecular flexibility index (Phi) is 8.25. The summed E-state index contributed by atoms with van der Waals surface area (Å²) in [4.78, 5) is 25.2. The van der Waals surface area contributed by atoms with Crippen molar-refractivity contribution in [3.05, 3.63) is 35.9 Å². The highest BCUT2D eigenvalue weighted by Crippen LogP contribution is 2.10. The lowest BCUT2D eigenvalue weighted by Gasteiger charge is -2.25. The van der Waals surface area contributed by atoms with Gasteiger partial charge in [0.15, 0.2) is 0 Å². The van der Waals surface area contributed by atoms with Gasteiger partial charge in [0.25, 0.3) is 0 Å². The van der Waals surface area contributed by atoms with Crippen LogP contribution in [0.5, 0.6) is 0 Å². The van der Waals surface area contributed by atoms with Crippen molar-refractivity contribution >= 4 is 12.2 Å². The van der Waals surface area contributed by atoms with E-state index < -0.39 is 11.7 Å². The molecule has 0 heterocycles. The topological polar surface area (TPSA) is 67.9 Å². The highest BCUT2D eigenvalue weighted by molar-refractivity contribution is 5.68. The van der Waals surface area contributed by atoms with E-state index in [4.69, 9.17) is 9.47 Å². The summed E-state index contributed by atoms with van der Waals surface area (Å²) in [7, 11) is 1.71. The zero-order valence-electron chi connectivity index (χ0n) is 15.9. The number of carbonyl (C=O) groups excluding carboxylic acids is 2. The second kappa shape index (κ2) is 9.91. The van der Waals surface area contributed by atoms with Crippen LogP contribution in [0.15, 0.2) is 30.3 Å². The van der Waals surface area contributed by atoms with Gasteiger partial charge in [-0.15, -0.1) is 0 Å². The predicted octanol–water partition coefficient (Wildman–Crippen LogP) is 3.95. The predicted molar refractivity (Wildman–Crippen MR) is 97.3 cm³/mol. The summed E-state index contributed by atoms with van der Waals surface area (Å²) in [5, 5.41) is 2.80. The van der Waals surface area contributed by atoms with E-state index in [2.05, 4.69) is 5.32 Å². The van der Waals surface area contributed by atoms with Gasteiger partial charge >= 0.3 is 12.2 Å². The van der Waals surface area contributed by atoms with E-state index in [1.165, 1.54) is 0 Å². The Morgan fingerprint density at radius 3 is 2.44 bits per heavy atom. The number of rotatable bonds is 7. The summed E-state index contributed by atoms with van der Waals surface area (Å²) in [6.45, 7) is 8.25. The molecule has 0 aliphatic heterocycles. The van der Waals surface area contributed by atoms with Gasteiger partial charge in [0, 0.05) is 19.6 Å². The van der Waals surface area contributed by atoms with Gasteiger partial charge in [-0.1, -0.05) is 30.3 Å². The summed E-state index contributed by atoms with van der Waals surface area (Å²) in [6.07, 6.45) is 0.732. The summed E-state index contributed by atoms with van der Waals surface area (Å²) < 4.78 is 10.5. The fourth-order valence-corrected chi connectivity index (χ4v) is 2.10. The van der Waals surface area contributed by atoms with Crippen molar-refractivity contribution in [2.75, 3.05) is 13.6 Å². The van der Waals surface area contributed by atoms with Crippen molar-refractivity contribution in [3.8, 4) is 0 Å². The lowest BCUT2D eigenvalue weighted by molar-refractivity contribution is 0.0295. The maximum atomic E-state index is 11.8. The monoisotopic (exact) mass is 350 g/mol. The Bertz CT molecular complexity index is 540. The van der Waals surface area contributed by atoms with Gasteiger partial charge in [-0.2, -0.15) is 0 Å². The molecule has 1 N–H and O–H groups in total. The zero-order chi connectivity index (χ0) is 18.9. The van der Waals surface area contributed by atoms with E-state index in [-0.39, 0.29) is 18.7 Å². The smallest absolute Gasteiger partial charge is 0.410 e. The summed E-state index contributed by atoms with van der Waals surface area (Å²) in [5.41, 5.74) is 0.451. The molecule has 1 aromatic rings. The normalized spacial score (nSPS) is 12.2. The Balaban J connectivity index is 2.20. The van der Waals surface area contributed by atoms with Gasteiger partial charge < -0.3 is 19.7 Å². The van der Waals surface area contributed by atoms with Crippen molar-refractivity contribution < 1.29 is 19.1 Å². The number of nitrogens with zero attached hydrogens (tertiary/aromatic N) is 1. The van der Waals surface area contributed by atoms with Crippen LogP contribution in [0, 0.1) is 0 Å². The molecule has 0 spiro atoms. The first-order chi connectivity index (χ1) is 11.7. The molecule has 6 nitrogen and oxygen atoms in total. The minimum absolute atomic E-state index is 0.0321. The molecule has 1 atom stereocenters. The third kappa shape index (κ3) is 9.59. The number of amides is 2. The molecule has 6 heteroatoms. The van der Waals surface area contributed by atoms with Crippen LogP contribution >= 0.6 is 0 Å². The SMILES string of the molecule is CC(CCCN(C)C(=O)OC(C)(C)C)NC(=O)OCc1ccccc1. The minimum atomic E-state index is -0.497. The van der Waals surface area contributed by atoms with Gasteiger partial charge in [0.1, 0.15) is 12.2 Å². The number of benzene rings is 1. The van der Waals surface area contributed by atoms with Gasteiger partial charge in [0.05, 0.1) is 0 Å². The van der Waals surface area contributed by atoms with Crippen molar-refractivity contribution in [2.45, 2.75) is 58.8 Å². The first kappa shape index (κ1) is 20.8. The average molecular weight is 350 g/mol. The molecule has 2 amide bonds. The van der Waals surface area contributed by atoms with Crippen LogP contribution in [0.1, 0.15) is 46.1 Å². The summed E-state index contributed by atoms with van der Waals surface area (Å²) in [5.74, 6) is 0. The van der Waals surface area contributed by atoms with Gasteiger partial charge in [-0.05, 0) is 46.1 Å². The molecule has 0 aliphatic carbocycles. The van der Waals surface area contributed by atoms with Crippen LogP contribution in [-0.2, 0) is 16.1 Å². The first-order valence-electron chi connectivity index (χ1n) is 8.58. The fourth-order valence-electron chi connectivity index (χ4n) is 2.10. The largest absolute Gasteiger partial charge is 0.445 e. The molecule has 0 fully saturated rings. The van der Waals surface area contributed by atoms with E-state index in [1.54, 1.807) is 11.9 Å². The van der Waals surface area contributed by atoms with E-state index in [1.807, 2.05) is 58.0 Å². The summed E-state index contributed by atoms with van der Waals surface area (Å²) >= 11 is 0. The standard InChI is InChI=1S/C19H30N2O4/c1-15(10-9-13-21(5)18(23)25-19(2,3)4)20-17(22)24-14-16-11-7-6-8-12-16/h6-8,11-12,15H,9-10,13-14H2,1-5H3,(H,20,22). The minimum Gasteiger partial charge on any atom is -0.445 e. The van der Waals surface area contributed by atoms with E-state index >= 15 is 0 Å². The number of hydrogen-bond acceptors (Lipinski definition) is 4. The quantitative estimate of drug-likeness (QED) is 0.808. The Hall–Kier alpha value is -2.24. The maximum absolute atomic E-state index is 11.8. The lowest BCUT2D eigenvalue weighted by Crippen LogP contribution is -2.36. The highest BCUT2D eigenvalue weighted by atomic mass is 16.6. The molecule has 0 aromatic heterocycles. The molecule has 0 radical (unpaired) electrons. The number of alkyl carbamates (subject to hydrolysis) is 1. The fraction of sp³-hybridized carbons (Fsp3) is 0.579. The van der Waals surface area contributed by atoms with Crippen molar-refractivity contribution in [2.24, 2.45) is 0 Å². The second-order valence-corrected chi connectivity index (χ2v) is 7.15. The first-order valence-corrected chi connectivity index (χ1v) is 8.58. The molecule has 0 saturated carbocycles. The average Bonchev–Trinajstić information content (AvgIpc) is 2.52. The van der Waals surface area contributed by atoms with E-state index in [0.29, 0.717) is 6.54 Å². The molecule has 1 unspecified atom stereocenters. The molecular weight excluding hydrogens is 320 g/mol. The van der Waals surface area contributed by atoms with Crippen LogP contribution in [-0.4, -0.2) is 42.3 Å². The van der Waals surface area contributed by atoms with Crippen LogP contribution in [0.25, 0.3) is 0 Å². The second-order valence-electron chi connectivity index (χ2n) is 7.15. The van der Waals surface area contributed by atoms with E-state index in [9.17, 15) is 9.59 Å². The highest BCUT2D eigenvalue weighted by Gasteiger charge is 2.19. The Morgan fingerprint density at radius 1 is 1.20 bits per heavy atom. The maximum Gasteiger partial charge on any atom is 0.410 e. The molecule has 0 bridgehead atoms. The van der Waals surface area contributed by atoms with E-state index in [0.717, 1.165) is 18.4 Å². The number of nitrogens with one attached hydrogen (secondary N) is 1. The van der Waals surface area contributed by atoms with Crippen LogP contribution in [0.4, 0.5) is 9.59 Å². The van der Waals surface area contributed by atoms with Crippen LogP contribution in [0.3, 0.4) is 0 Å². The van der Waals surface area contributed by atoms with Crippen molar-refractivity contribution in [3.63, 3.8) is 0 Å². The summed E-state index contributed by atoms with van der Waals surface area (Å²) in [6, 6.07) is 9.50. The van der Waals surface area contributed by atoms with Crippen LogP contribution in [0.2, 0.25) is 0 Å². The van der Waals surface area contributed by atoms with Gasteiger partial charge in [0.2, 0.25) is 0 Å². The molecular formula is C19H30N2O4. The molecule has 25 heavy (non-hydrogen) atoms. The van der Waals surface area contributed by atoms with Gasteiger partial charge in [-0.3, -0.25) is 0 Å². The molecule has 0 saturated heterocycles. The Labute approximate surface area is 150 Å². The molecule has 1 rings (SSSR count).